The fourth-order valence-electron chi connectivity index (χ4n) is 2.20. The molecular weight excluding hydrogens is 314 g/mol. The van der Waals surface area contributed by atoms with Crippen molar-refractivity contribution < 1.29 is 13.6 Å². The maximum absolute atomic E-state index is 13.5. The van der Waals surface area contributed by atoms with Crippen LogP contribution in [0.4, 0.5) is 14.5 Å². The summed E-state index contributed by atoms with van der Waals surface area (Å²) in [5.74, 6) is -1.78. The van der Waals surface area contributed by atoms with Crippen molar-refractivity contribution in [3.05, 3.63) is 54.1 Å². The molecule has 0 radical (unpaired) electrons. The molecule has 0 aliphatic heterocycles. The molecule has 1 heterocycles. The molecule has 2 rings (SSSR count). The minimum atomic E-state index is -0.785. The van der Waals surface area contributed by atoms with Gasteiger partial charge in [0.15, 0.2) is 0 Å². The standard InChI is InChI=1S/C17H20F2N4O/c1-12(9-14-11-20-6-7-21-14)23(2)8-5-17(24)22-16-4-3-13(18)10-15(16)19/h3-4,6-7,10-12H,5,8-9H2,1-2H3,(H,22,24). The number of anilines is 1. The van der Waals surface area contributed by atoms with E-state index in [1.54, 1.807) is 18.6 Å². The lowest BCUT2D eigenvalue weighted by Crippen LogP contribution is -2.33. The highest BCUT2D eigenvalue weighted by atomic mass is 19.1. The van der Waals surface area contributed by atoms with Gasteiger partial charge in [-0.05, 0) is 26.1 Å². The molecule has 1 atom stereocenters. The highest BCUT2D eigenvalue weighted by Gasteiger charge is 2.13. The van der Waals surface area contributed by atoms with Crippen molar-refractivity contribution in [1.29, 1.82) is 0 Å². The molecule has 1 aromatic carbocycles. The Kier molecular flexibility index (Phi) is 6.31. The first-order valence-electron chi connectivity index (χ1n) is 7.65. The second-order valence-electron chi connectivity index (χ2n) is 5.65. The second-order valence-corrected chi connectivity index (χ2v) is 5.65. The molecule has 2 aromatic rings. The molecule has 0 aliphatic carbocycles. The van der Waals surface area contributed by atoms with E-state index in [0.29, 0.717) is 6.54 Å². The van der Waals surface area contributed by atoms with Crippen LogP contribution >= 0.6 is 0 Å². The van der Waals surface area contributed by atoms with E-state index in [-0.39, 0.29) is 24.1 Å². The Morgan fingerprint density at radius 1 is 1.33 bits per heavy atom. The summed E-state index contributed by atoms with van der Waals surface area (Å²) in [7, 11) is 1.91. The van der Waals surface area contributed by atoms with Crippen molar-refractivity contribution in [2.45, 2.75) is 25.8 Å². The van der Waals surface area contributed by atoms with Crippen LogP contribution in [0.15, 0.2) is 36.8 Å². The Morgan fingerprint density at radius 2 is 2.12 bits per heavy atom. The normalized spacial score (nSPS) is 12.2. The smallest absolute Gasteiger partial charge is 0.225 e. The zero-order valence-corrected chi connectivity index (χ0v) is 13.7. The van der Waals surface area contributed by atoms with Gasteiger partial charge in [-0.1, -0.05) is 0 Å². The molecule has 0 aliphatic rings. The number of rotatable bonds is 7. The molecule has 1 aromatic heterocycles. The largest absolute Gasteiger partial charge is 0.324 e. The number of halogens is 2. The van der Waals surface area contributed by atoms with Crippen LogP contribution < -0.4 is 5.32 Å². The van der Waals surface area contributed by atoms with E-state index in [2.05, 4.69) is 15.3 Å². The monoisotopic (exact) mass is 334 g/mol. The SMILES string of the molecule is CC(Cc1cnccn1)N(C)CCC(=O)Nc1ccc(F)cc1F. The fraction of sp³-hybridized carbons (Fsp3) is 0.353. The van der Waals surface area contributed by atoms with Crippen LogP contribution in [0.2, 0.25) is 0 Å². The number of nitrogens with one attached hydrogen (secondary N) is 1. The summed E-state index contributed by atoms with van der Waals surface area (Å²) < 4.78 is 26.3. The number of nitrogens with zero attached hydrogens (tertiary/aromatic N) is 3. The van der Waals surface area contributed by atoms with Crippen molar-refractivity contribution in [2.75, 3.05) is 18.9 Å². The molecule has 0 spiro atoms. The summed E-state index contributed by atoms with van der Waals surface area (Å²) in [6, 6.07) is 3.23. The zero-order valence-electron chi connectivity index (χ0n) is 13.7. The molecule has 0 saturated heterocycles. The lowest BCUT2D eigenvalue weighted by Gasteiger charge is -2.24. The molecule has 5 nitrogen and oxygen atoms in total. The van der Waals surface area contributed by atoms with Crippen LogP contribution in [0.1, 0.15) is 19.0 Å². The summed E-state index contributed by atoms with van der Waals surface area (Å²) >= 11 is 0. The van der Waals surface area contributed by atoms with Gasteiger partial charge in [0.05, 0.1) is 11.4 Å². The molecule has 0 fully saturated rings. The van der Waals surface area contributed by atoms with E-state index in [1.165, 1.54) is 6.07 Å². The van der Waals surface area contributed by atoms with Crippen molar-refractivity contribution in [3.63, 3.8) is 0 Å². The Morgan fingerprint density at radius 3 is 2.79 bits per heavy atom. The molecule has 128 valence electrons. The van der Waals surface area contributed by atoms with Crippen molar-refractivity contribution in [2.24, 2.45) is 0 Å². The average molecular weight is 334 g/mol. The first kappa shape index (κ1) is 17.9. The average Bonchev–Trinajstić information content (AvgIpc) is 2.56. The lowest BCUT2D eigenvalue weighted by molar-refractivity contribution is -0.116. The first-order valence-corrected chi connectivity index (χ1v) is 7.65. The third kappa shape index (κ3) is 5.34. The Balaban J connectivity index is 1.80. The predicted molar refractivity (Wildman–Crippen MR) is 87.4 cm³/mol. The number of carbonyl (C=O) groups is 1. The summed E-state index contributed by atoms with van der Waals surface area (Å²) in [4.78, 5) is 22.2. The number of likely N-dealkylation sites (N-methyl/N-ethyl adjacent to an activating group) is 1. The van der Waals surface area contributed by atoms with Crippen LogP contribution in [0, 0.1) is 11.6 Å². The quantitative estimate of drug-likeness (QED) is 0.846. The predicted octanol–water partition coefficient (Wildman–Crippen LogP) is 2.65. The van der Waals surface area contributed by atoms with Gasteiger partial charge >= 0.3 is 0 Å². The van der Waals surface area contributed by atoms with E-state index in [9.17, 15) is 13.6 Å². The molecule has 1 unspecified atom stereocenters. The summed E-state index contributed by atoms with van der Waals surface area (Å²) in [6.07, 6.45) is 5.91. The minimum Gasteiger partial charge on any atom is -0.324 e. The van der Waals surface area contributed by atoms with Crippen LogP contribution in [-0.2, 0) is 11.2 Å². The van der Waals surface area contributed by atoms with Gasteiger partial charge in [0, 0.05) is 50.1 Å². The molecule has 1 amide bonds. The van der Waals surface area contributed by atoms with Gasteiger partial charge in [0.1, 0.15) is 11.6 Å². The van der Waals surface area contributed by atoms with Gasteiger partial charge in [-0.2, -0.15) is 0 Å². The van der Waals surface area contributed by atoms with E-state index in [0.717, 1.165) is 24.2 Å². The van der Waals surface area contributed by atoms with Crippen molar-refractivity contribution in [1.82, 2.24) is 14.9 Å². The Hall–Kier alpha value is -2.41. The molecule has 24 heavy (non-hydrogen) atoms. The zero-order chi connectivity index (χ0) is 17.5. The van der Waals surface area contributed by atoms with Crippen LogP contribution in [0.3, 0.4) is 0 Å². The minimum absolute atomic E-state index is 0.0170. The maximum Gasteiger partial charge on any atom is 0.225 e. The summed E-state index contributed by atoms with van der Waals surface area (Å²) in [5.41, 5.74) is 0.867. The highest BCUT2D eigenvalue weighted by molar-refractivity contribution is 5.90. The lowest BCUT2D eigenvalue weighted by atomic mass is 10.1. The Labute approximate surface area is 139 Å². The number of amides is 1. The van der Waals surface area contributed by atoms with Crippen LogP contribution in [-0.4, -0.2) is 40.4 Å². The highest BCUT2D eigenvalue weighted by Crippen LogP contribution is 2.15. The van der Waals surface area contributed by atoms with Gasteiger partial charge in [0.2, 0.25) is 5.91 Å². The fourth-order valence-corrected chi connectivity index (χ4v) is 2.20. The summed E-state index contributed by atoms with van der Waals surface area (Å²) in [6.45, 7) is 2.54. The van der Waals surface area contributed by atoms with Gasteiger partial charge in [-0.3, -0.25) is 14.8 Å². The van der Waals surface area contributed by atoms with E-state index in [4.69, 9.17) is 0 Å². The topological polar surface area (TPSA) is 58.1 Å². The van der Waals surface area contributed by atoms with Crippen LogP contribution in [0.25, 0.3) is 0 Å². The number of benzene rings is 1. The number of carbonyl (C=O) groups excluding carboxylic acids is 1. The third-order valence-corrected chi connectivity index (χ3v) is 3.77. The second kappa shape index (κ2) is 8.44. The third-order valence-electron chi connectivity index (χ3n) is 3.77. The van der Waals surface area contributed by atoms with Gasteiger partial charge in [-0.25, -0.2) is 8.78 Å². The molecule has 0 saturated carbocycles. The molecule has 7 heteroatoms. The number of hydrogen-bond acceptors (Lipinski definition) is 4. The van der Waals surface area contributed by atoms with E-state index in [1.807, 2.05) is 18.9 Å². The molecular formula is C17H20F2N4O. The van der Waals surface area contributed by atoms with E-state index < -0.39 is 11.6 Å². The Bertz CT molecular complexity index is 682. The molecule has 1 N–H and O–H groups in total. The van der Waals surface area contributed by atoms with Gasteiger partial charge < -0.3 is 10.2 Å². The van der Waals surface area contributed by atoms with Gasteiger partial charge in [0.25, 0.3) is 0 Å². The van der Waals surface area contributed by atoms with Gasteiger partial charge in [-0.15, -0.1) is 0 Å². The van der Waals surface area contributed by atoms with Crippen LogP contribution in [0.5, 0.6) is 0 Å². The summed E-state index contributed by atoms with van der Waals surface area (Å²) in [5, 5.41) is 2.45. The van der Waals surface area contributed by atoms with E-state index >= 15 is 0 Å². The molecule has 0 bridgehead atoms. The van der Waals surface area contributed by atoms with Crippen molar-refractivity contribution in [3.8, 4) is 0 Å². The number of aromatic nitrogens is 2. The van der Waals surface area contributed by atoms with Crippen molar-refractivity contribution >= 4 is 11.6 Å². The maximum atomic E-state index is 13.5. The first-order chi connectivity index (χ1) is 11.5. The number of hydrogen-bond donors (Lipinski definition) is 1.